The molecule has 84 valence electrons. The Hall–Kier alpha value is -0.910. The maximum Gasteiger partial charge on any atom is 0.123 e. The third-order valence-electron chi connectivity index (χ3n) is 2.89. The van der Waals surface area contributed by atoms with Crippen molar-refractivity contribution in [3.8, 4) is 0 Å². The van der Waals surface area contributed by atoms with Crippen LogP contribution in [0.15, 0.2) is 12.4 Å². The van der Waals surface area contributed by atoms with Crippen molar-refractivity contribution in [1.82, 2.24) is 24.9 Å². The fourth-order valence-electron chi connectivity index (χ4n) is 1.71. The number of likely N-dealkylation sites (N-methyl/N-ethyl adjacent to an activating group) is 1. The minimum atomic E-state index is 0.813. The summed E-state index contributed by atoms with van der Waals surface area (Å²) in [5.41, 5.74) is 3.41. The van der Waals surface area contributed by atoms with Gasteiger partial charge in [0.05, 0.1) is 6.54 Å². The van der Waals surface area contributed by atoms with Crippen LogP contribution in [-0.4, -0.2) is 52.7 Å². The van der Waals surface area contributed by atoms with Crippen LogP contribution in [0.3, 0.4) is 0 Å². The third kappa shape index (κ3) is 2.77. The molecule has 2 rings (SSSR count). The quantitative estimate of drug-likeness (QED) is 0.740. The fourth-order valence-corrected chi connectivity index (χ4v) is 1.71. The van der Waals surface area contributed by atoms with Gasteiger partial charge in [-0.25, -0.2) is 15.4 Å². The average molecular weight is 209 g/mol. The molecule has 0 unspecified atom stereocenters. The van der Waals surface area contributed by atoms with E-state index in [1.54, 1.807) is 0 Å². The molecule has 1 saturated heterocycles. The van der Waals surface area contributed by atoms with Crippen molar-refractivity contribution in [3.05, 3.63) is 18.2 Å². The lowest BCUT2D eigenvalue weighted by atomic mass is 10.4. The Morgan fingerprint density at radius 1 is 1.27 bits per heavy atom. The first-order valence-electron chi connectivity index (χ1n) is 5.39. The molecular formula is C10H19N5. The zero-order chi connectivity index (χ0) is 10.7. The first-order valence-corrected chi connectivity index (χ1v) is 5.39. The highest BCUT2D eigenvalue weighted by atomic mass is 15.5. The molecule has 0 spiro atoms. The number of hydrogen-bond acceptors (Lipinski definition) is 4. The van der Waals surface area contributed by atoms with Crippen LogP contribution in [0.25, 0.3) is 0 Å². The molecule has 5 heteroatoms. The maximum atomic E-state index is 4.28. The number of hydrogen-bond donors (Lipinski definition) is 1. The summed E-state index contributed by atoms with van der Waals surface area (Å²) >= 11 is 0. The Morgan fingerprint density at radius 2 is 2.00 bits per heavy atom. The summed E-state index contributed by atoms with van der Waals surface area (Å²) in [6.45, 7) is 5.25. The molecule has 1 N–H and O–H groups in total. The van der Waals surface area contributed by atoms with Gasteiger partial charge in [-0.3, -0.25) is 0 Å². The normalized spacial score (nSPS) is 19.6. The Labute approximate surface area is 90.7 Å². The molecule has 2 heterocycles. The summed E-state index contributed by atoms with van der Waals surface area (Å²) in [5.74, 6) is 1.08. The van der Waals surface area contributed by atoms with E-state index >= 15 is 0 Å². The van der Waals surface area contributed by atoms with Crippen LogP contribution in [0.2, 0.25) is 0 Å². The molecule has 0 saturated carbocycles. The van der Waals surface area contributed by atoms with Crippen LogP contribution < -0.4 is 5.43 Å². The average Bonchev–Trinajstić information content (AvgIpc) is 2.63. The lowest BCUT2D eigenvalue weighted by molar-refractivity contribution is 0.101. The van der Waals surface area contributed by atoms with Gasteiger partial charge in [0.1, 0.15) is 5.82 Å². The number of aryl methyl sites for hydroxylation is 1. The number of imidazole rings is 1. The van der Waals surface area contributed by atoms with E-state index in [1.807, 2.05) is 24.0 Å². The smallest absolute Gasteiger partial charge is 0.123 e. The number of rotatable bonds is 3. The molecule has 0 amide bonds. The van der Waals surface area contributed by atoms with Crippen molar-refractivity contribution in [2.45, 2.75) is 6.54 Å². The highest BCUT2D eigenvalue weighted by Crippen LogP contribution is 1.98. The van der Waals surface area contributed by atoms with Crippen LogP contribution in [0, 0.1) is 0 Å². The van der Waals surface area contributed by atoms with Gasteiger partial charge < -0.3 is 9.47 Å². The summed E-state index contributed by atoms with van der Waals surface area (Å²) in [6, 6.07) is 0. The van der Waals surface area contributed by atoms with E-state index in [2.05, 4.69) is 27.4 Å². The van der Waals surface area contributed by atoms with E-state index in [4.69, 9.17) is 0 Å². The number of aromatic nitrogens is 2. The fraction of sp³-hybridized carbons (Fsp3) is 0.700. The van der Waals surface area contributed by atoms with E-state index in [0.29, 0.717) is 0 Å². The molecule has 0 aromatic carbocycles. The predicted octanol–water partition coefficient (Wildman–Crippen LogP) is -0.328. The lowest BCUT2D eigenvalue weighted by Gasteiger charge is -2.32. The van der Waals surface area contributed by atoms with Gasteiger partial charge in [-0.2, -0.15) is 0 Å². The predicted molar refractivity (Wildman–Crippen MR) is 59.1 cm³/mol. The first-order chi connectivity index (χ1) is 7.25. The summed E-state index contributed by atoms with van der Waals surface area (Å²) in [4.78, 5) is 6.62. The number of nitrogens with one attached hydrogen (secondary N) is 1. The second kappa shape index (κ2) is 4.74. The third-order valence-corrected chi connectivity index (χ3v) is 2.89. The van der Waals surface area contributed by atoms with Gasteiger partial charge in [-0.05, 0) is 7.05 Å². The molecule has 0 radical (unpaired) electrons. The highest BCUT2D eigenvalue weighted by molar-refractivity contribution is 4.90. The molecular weight excluding hydrogens is 190 g/mol. The molecule has 15 heavy (non-hydrogen) atoms. The van der Waals surface area contributed by atoms with Gasteiger partial charge in [-0.15, -0.1) is 0 Å². The number of piperazine rings is 1. The van der Waals surface area contributed by atoms with Crippen molar-refractivity contribution in [2.24, 2.45) is 7.05 Å². The van der Waals surface area contributed by atoms with Gasteiger partial charge in [0, 0.05) is 45.6 Å². The lowest BCUT2D eigenvalue weighted by Crippen LogP contribution is -2.50. The van der Waals surface area contributed by atoms with E-state index < -0.39 is 0 Å². The molecule has 0 aliphatic carbocycles. The summed E-state index contributed by atoms with van der Waals surface area (Å²) in [7, 11) is 4.18. The molecule has 1 aliphatic heterocycles. The maximum absolute atomic E-state index is 4.28. The van der Waals surface area contributed by atoms with Gasteiger partial charge in [0.2, 0.25) is 0 Å². The Bertz CT molecular complexity index is 301. The topological polar surface area (TPSA) is 36.3 Å². The zero-order valence-electron chi connectivity index (χ0n) is 9.48. The number of nitrogens with zero attached hydrogens (tertiary/aromatic N) is 4. The SMILES string of the molecule is CN1CCN(NCc2nccn2C)CC1. The Morgan fingerprint density at radius 3 is 2.60 bits per heavy atom. The van der Waals surface area contributed by atoms with Crippen LogP contribution in [-0.2, 0) is 13.6 Å². The van der Waals surface area contributed by atoms with Crippen molar-refractivity contribution < 1.29 is 0 Å². The van der Waals surface area contributed by atoms with Crippen molar-refractivity contribution in [1.29, 1.82) is 0 Å². The molecule has 1 fully saturated rings. The Kier molecular flexibility index (Phi) is 3.35. The van der Waals surface area contributed by atoms with Crippen molar-refractivity contribution >= 4 is 0 Å². The van der Waals surface area contributed by atoms with E-state index in [9.17, 15) is 0 Å². The Balaban J connectivity index is 1.77. The number of hydrazine groups is 1. The van der Waals surface area contributed by atoms with Crippen LogP contribution >= 0.6 is 0 Å². The monoisotopic (exact) mass is 209 g/mol. The van der Waals surface area contributed by atoms with Crippen LogP contribution in [0.1, 0.15) is 5.82 Å². The largest absolute Gasteiger partial charge is 0.337 e. The van der Waals surface area contributed by atoms with E-state index in [1.165, 1.54) is 0 Å². The highest BCUT2D eigenvalue weighted by Gasteiger charge is 2.13. The second-order valence-corrected chi connectivity index (χ2v) is 4.08. The van der Waals surface area contributed by atoms with Gasteiger partial charge >= 0.3 is 0 Å². The minimum absolute atomic E-state index is 0.813. The molecule has 1 aromatic rings. The molecule has 5 nitrogen and oxygen atoms in total. The zero-order valence-corrected chi connectivity index (χ0v) is 9.48. The molecule has 0 bridgehead atoms. The van der Waals surface area contributed by atoms with Gasteiger partial charge in [-0.1, -0.05) is 0 Å². The van der Waals surface area contributed by atoms with Crippen molar-refractivity contribution in [3.63, 3.8) is 0 Å². The molecule has 1 aromatic heterocycles. The summed E-state index contributed by atoms with van der Waals surface area (Å²) in [5, 5.41) is 2.27. The van der Waals surface area contributed by atoms with Gasteiger partial charge in [0.15, 0.2) is 0 Å². The van der Waals surface area contributed by atoms with Gasteiger partial charge in [0.25, 0.3) is 0 Å². The summed E-state index contributed by atoms with van der Waals surface area (Å²) in [6.07, 6.45) is 3.81. The molecule has 1 aliphatic rings. The first kappa shape index (κ1) is 10.6. The van der Waals surface area contributed by atoms with E-state index in [-0.39, 0.29) is 0 Å². The second-order valence-electron chi connectivity index (χ2n) is 4.08. The van der Waals surface area contributed by atoms with E-state index in [0.717, 1.165) is 38.5 Å². The van der Waals surface area contributed by atoms with Crippen molar-refractivity contribution in [2.75, 3.05) is 33.2 Å². The van der Waals surface area contributed by atoms with Crippen LogP contribution in [0.5, 0.6) is 0 Å². The summed E-state index contributed by atoms with van der Waals surface area (Å²) < 4.78 is 2.04. The minimum Gasteiger partial charge on any atom is -0.337 e. The standard InChI is InChI=1S/C10H19N5/c1-13-5-7-15(8-6-13)12-9-10-11-3-4-14(10)2/h3-4,12H,5-9H2,1-2H3. The molecule has 0 atom stereocenters. The van der Waals surface area contributed by atoms with Crippen LogP contribution in [0.4, 0.5) is 0 Å².